The summed E-state index contributed by atoms with van der Waals surface area (Å²) in [5.74, 6) is 1.95. The maximum Gasteiger partial charge on any atom is 0.340 e. The summed E-state index contributed by atoms with van der Waals surface area (Å²) in [5.41, 5.74) is 9.02. The van der Waals surface area contributed by atoms with E-state index >= 15 is 0 Å². The number of benzene rings is 5. The summed E-state index contributed by atoms with van der Waals surface area (Å²) in [4.78, 5) is 24.5. The van der Waals surface area contributed by atoms with Crippen LogP contribution in [0.1, 0.15) is 72.1 Å². The van der Waals surface area contributed by atoms with Gasteiger partial charge in [0.2, 0.25) is 0 Å². The minimum absolute atomic E-state index is 0. The maximum atomic E-state index is 12.8. The molecule has 1 spiro atoms. The van der Waals surface area contributed by atoms with Crippen LogP contribution < -0.4 is 21.9 Å². The van der Waals surface area contributed by atoms with E-state index in [1.54, 1.807) is 12.1 Å². The van der Waals surface area contributed by atoms with E-state index < -0.39 is 11.6 Å². The SMILES string of the molecule is BrBr.Cc1ccc2c(c1)OC1=CC(C)C=CC1=C2c1ccccc1C(=O)O.Cc1ccc2c(c1Br)Oc1c(ccc(C)c1Br)C21OC(=O)c2ccccc21.O.O.[Ac].[Cl-]. The fourth-order valence-corrected chi connectivity index (χ4v) is 8.15. The van der Waals surface area contributed by atoms with E-state index in [-0.39, 0.29) is 79.3 Å². The van der Waals surface area contributed by atoms with E-state index in [1.807, 2.05) is 106 Å². The number of aromatic carboxylic acids is 1. The molecule has 299 valence electrons. The molecule has 9 rings (SSSR count). The number of fused-ring (bicyclic) bond motifs is 8. The van der Waals surface area contributed by atoms with Gasteiger partial charge in [0.1, 0.15) is 23.0 Å². The third kappa shape index (κ3) is 8.63. The van der Waals surface area contributed by atoms with Crippen LogP contribution in [0.2, 0.25) is 0 Å². The van der Waals surface area contributed by atoms with Gasteiger partial charge < -0.3 is 42.7 Å². The average Bonchev–Trinajstić information content (AvgIpc) is 3.47. The van der Waals surface area contributed by atoms with Gasteiger partial charge >= 0.3 is 11.9 Å². The number of esters is 1. The number of hydrogen-bond acceptors (Lipinski definition) is 5. The number of aryl methyl sites for hydroxylation is 3. The molecule has 0 bridgehead atoms. The molecule has 1 radical (unpaired) electrons. The Morgan fingerprint density at radius 2 is 1.31 bits per heavy atom. The number of carboxylic acid groups (broad SMARTS) is 1. The van der Waals surface area contributed by atoms with E-state index in [2.05, 4.69) is 79.2 Å². The second kappa shape index (κ2) is 20.3. The van der Waals surface area contributed by atoms with Crippen LogP contribution in [0.4, 0.5) is 0 Å². The fraction of sp³-hybridized carbons (Fsp3) is 0.136. The predicted octanol–water partition coefficient (Wildman–Crippen LogP) is 8.42. The Morgan fingerprint density at radius 3 is 1.91 bits per heavy atom. The van der Waals surface area contributed by atoms with Crippen molar-refractivity contribution < 1.29 is 96.3 Å². The van der Waals surface area contributed by atoms with Gasteiger partial charge in [-0.3, -0.25) is 0 Å². The van der Waals surface area contributed by atoms with Crippen molar-refractivity contribution in [3.8, 4) is 17.2 Å². The summed E-state index contributed by atoms with van der Waals surface area (Å²) >= 11 is 12.8. The average molecular weight is 1270 g/mol. The number of carbonyl (C=O) groups is 2. The zero-order valence-electron chi connectivity index (χ0n) is 31.4. The number of hydrogen-bond donors (Lipinski definition) is 1. The number of carboxylic acids is 1. The van der Waals surface area contributed by atoms with Gasteiger partial charge in [-0.15, -0.1) is 0 Å². The van der Waals surface area contributed by atoms with Crippen LogP contribution in [0.25, 0.3) is 5.57 Å². The van der Waals surface area contributed by atoms with Gasteiger partial charge in [-0.05, 0) is 105 Å². The first-order valence-electron chi connectivity index (χ1n) is 17.0. The van der Waals surface area contributed by atoms with Crippen molar-refractivity contribution in [2.75, 3.05) is 0 Å². The van der Waals surface area contributed by atoms with Gasteiger partial charge in [-0.2, -0.15) is 0 Å². The smallest absolute Gasteiger partial charge is 0.340 e. The van der Waals surface area contributed by atoms with Crippen LogP contribution in [0, 0.1) is 70.8 Å². The van der Waals surface area contributed by atoms with E-state index in [9.17, 15) is 14.7 Å². The fourth-order valence-electron chi connectivity index (χ4n) is 7.30. The largest absolute Gasteiger partial charge is 1.00 e. The molecule has 3 aliphatic heterocycles. The van der Waals surface area contributed by atoms with Gasteiger partial charge in [0.15, 0.2) is 5.60 Å². The van der Waals surface area contributed by atoms with Crippen molar-refractivity contribution in [1.82, 2.24) is 0 Å². The molecule has 8 nitrogen and oxygen atoms in total. The second-order valence-electron chi connectivity index (χ2n) is 13.4. The third-order valence-electron chi connectivity index (χ3n) is 9.88. The van der Waals surface area contributed by atoms with Crippen molar-refractivity contribution in [1.29, 1.82) is 0 Å². The molecular formula is C44H36AcBr4ClO8-. The molecule has 0 saturated heterocycles. The summed E-state index contributed by atoms with van der Waals surface area (Å²) < 4.78 is 20.4. The summed E-state index contributed by atoms with van der Waals surface area (Å²) in [6.45, 7) is 8.14. The van der Waals surface area contributed by atoms with Crippen molar-refractivity contribution in [3.05, 3.63) is 185 Å². The van der Waals surface area contributed by atoms with Crippen LogP contribution >= 0.6 is 60.1 Å². The Kier molecular flexibility index (Phi) is 17.5. The molecular weight excluding hydrogens is 1240 g/mol. The quantitative estimate of drug-likeness (QED) is 0.176. The Labute approximate surface area is 410 Å². The second-order valence-corrected chi connectivity index (χ2v) is 14.9. The minimum Gasteiger partial charge on any atom is -1.00 e. The summed E-state index contributed by atoms with van der Waals surface area (Å²) in [5, 5.41) is 9.64. The van der Waals surface area contributed by atoms with E-state index in [0.29, 0.717) is 28.2 Å². The van der Waals surface area contributed by atoms with Crippen molar-refractivity contribution in [2.24, 2.45) is 5.92 Å². The molecule has 1 unspecified atom stereocenters. The molecule has 1 atom stereocenters. The summed E-state index contributed by atoms with van der Waals surface area (Å²) in [7, 11) is 0. The number of carbonyl (C=O) groups excluding carboxylic acids is 1. The zero-order valence-corrected chi connectivity index (χ0v) is 43.3. The number of rotatable bonds is 2. The van der Waals surface area contributed by atoms with Crippen LogP contribution in [-0.4, -0.2) is 28.0 Å². The Morgan fingerprint density at radius 1 is 0.741 bits per heavy atom. The van der Waals surface area contributed by atoms with Crippen molar-refractivity contribution in [2.45, 2.75) is 33.3 Å². The Balaban J connectivity index is 0.000000280. The molecule has 58 heavy (non-hydrogen) atoms. The topological polar surface area (TPSA) is 145 Å². The first kappa shape index (κ1) is 49.8. The van der Waals surface area contributed by atoms with Gasteiger partial charge in [-0.25, -0.2) is 9.59 Å². The van der Waals surface area contributed by atoms with E-state index in [4.69, 9.17) is 14.2 Å². The normalized spacial score (nSPS) is 15.2. The monoisotopic (exact) mass is 1270 g/mol. The van der Waals surface area contributed by atoms with E-state index in [1.165, 1.54) is 0 Å². The van der Waals surface area contributed by atoms with Crippen LogP contribution in [0.3, 0.4) is 0 Å². The van der Waals surface area contributed by atoms with Gasteiger partial charge in [0.25, 0.3) is 0 Å². The molecule has 1 aliphatic carbocycles. The van der Waals surface area contributed by atoms with Crippen molar-refractivity contribution in [3.63, 3.8) is 0 Å². The molecule has 0 aromatic heterocycles. The Hall–Kier alpha value is -2.57. The molecule has 0 fully saturated rings. The predicted molar refractivity (Wildman–Crippen MR) is 232 cm³/mol. The molecule has 3 heterocycles. The summed E-state index contributed by atoms with van der Waals surface area (Å²) in [6, 6.07) is 28.7. The van der Waals surface area contributed by atoms with Gasteiger partial charge in [-0.1, -0.05) is 91.9 Å². The first-order valence-corrected chi connectivity index (χ1v) is 22.3. The number of halogens is 5. The Bertz CT molecular complexity index is 2440. The minimum atomic E-state index is -1.02. The third-order valence-corrected chi connectivity index (χ3v) is 11.9. The van der Waals surface area contributed by atoms with Crippen LogP contribution in [0.5, 0.6) is 17.2 Å². The molecule has 4 aliphatic rings. The van der Waals surface area contributed by atoms with Gasteiger partial charge in [0, 0.05) is 106 Å². The van der Waals surface area contributed by atoms with Crippen LogP contribution in [0.15, 0.2) is 130 Å². The molecule has 0 amide bonds. The standard InChI is InChI=1S/C22H14Br2O3.C22H18O3.Ac.Br2.ClH.2H2O/c1-11-7-9-15-19(17(11)23)26-20-16(10-8-12(2)18(20)24)22(15)14-6-4-3-5-13(14)21(25)27-22;1-13-7-9-17-19(11-13)25-20-12-14(2)8-10-18(20)21(17)15-5-3-4-6-16(15)22(23)24;;1-2;;;/h3-10H,1-2H3;3-13H,1-2H3,(H,23,24);;;1H;2*1H2/p-1. The number of allylic oxidation sites excluding steroid dienone is 3. The molecule has 5 aromatic carbocycles. The van der Waals surface area contributed by atoms with Crippen molar-refractivity contribution >= 4 is 77.6 Å². The van der Waals surface area contributed by atoms with Gasteiger partial charge in [0.05, 0.1) is 20.1 Å². The van der Waals surface area contributed by atoms with E-state index in [0.717, 1.165) is 70.5 Å². The first-order chi connectivity index (χ1) is 26.0. The molecule has 5 aromatic rings. The molecule has 0 saturated carbocycles. The zero-order chi connectivity index (χ0) is 38.5. The molecule has 14 heteroatoms. The maximum absolute atomic E-state index is 12.8. The molecule has 5 N–H and O–H groups in total. The number of ether oxygens (including phenoxy) is 3. The van der Waals surface area contributed by atoms with Crippen LogP contribution in [-0.2, 0) is 10.3 Å². The summed E-state index contributed by atoms with van der Waals surface area (Å²) in [6.07, 6.45) is 6.21.